The second kappa shape index (κ2) is 9.11. The number of urea groups is 1. The van der Waals surface area contributed by atoms with Crippen LogP contribution in [0.4, 0.5) is 14.9 Å². The van der Waals surface area contributed by atoms with Crippen LogP contribution < -0.4 is 16.2 Å². The molecule has 0 atom stereocenters. The first kappa shape index (κ1) is 20.8. The molecule has 0 unspecified atom stereocenters. The summed E-state index contributed by atoms with van der Waals surface area (Å²) >= 11 is 2.30. The lowest BCUT2D eigenvalue weighted by Gasteiger charge is -2.06. The zero-order valence-corrected chi connectivity index (χ0v) is 17.5. The number of hydrogen-bond acceptors (Lipinski definition) is 6. The number of para-hydroxylation sites is 1. The van der Waals surface area contributed by atoms with Crippen molar-refractivity contribution in [1.29, 1.82) is 0 Å². The van der Waals surface area contributed by atoms with E-state index in [1.165, 1.54) is 23.5 Å². The molecule has 0 bridgehead atoms. The zero-order chi connectivity index (χ0) is 21.8. The molecule has 3 amide bonds. The first-order valence-electron chi connectivity index (χ1n) is 9.06. The number of thioether (sulfide) groups is 1. The van der Waals surface area contributed by atoms with Gasteiger partial charge in [-0.3, -0.25) is 14.9 Å². The lowest BCUT2D eigenvalue weighted by molar-refractivity contribution is -0.117. The monoisotopic (exact) mass is 454 g/mol. The van der Waals surface area contributed by atoms with Gasteiger partial charge in [-0.2, -0.15) is 0 Å². The molecule has 0 radical (unpaired) electrons. The number of fused-ring (bicyclic) bond motifs is 1. The summed E-state index contributed by atoms with van der Waals surface area (Å²) in [5, 5.41) is 7.24. The fraction of sp³-hybridized carbons (Fsp3) is 0.0476. The molecule has 31 heavy (non-hydrogen) atoms. The molecule has 4 aromatic rings. The van der Waals surface area contributed by atoms with Gasteiger partial charge in [-0.1, -0.05) is 42.1 Å². The molecule has 0 aliphatic rings. The van der Waals surface area contributed by atoms with Crippen LogP contribution in [0.3, 0.4) is 0 Å². The molecule has 0 spiro atoms. The highest BCUT2D eigenvalue weighted by atomic mass is 32.2. The molecule has 0 saturated heterocycles. The average molecular weight is 455 g/mol. The molecule has 7 nitrogen and oxygen atoms in total. The molecule has 2 aromatic heterocycles. The number of imide groups is 1. The third-order valence-corrected chi connectivity index (χ3v) is 5.95. The number of rotatable bonds is 5. The van der Waals surface area contributed by atoms with Crippen LogP contribution in [0, 0.1) is 5.82 Å². The lowest BCUT2D eigenvalue weighted by Crippen LogP contribution is -2.35. The number of halogens is 1. The Morgan fingerprint density at radius 1 is 1.10 bits per heavy atom. The molecule has 4 rings (SSSR count). The van der Waals surface area contributed by atoms with Crippen LogP contribution in [0.15, 0.2) is 69.9 Å². The molecule has 3 N–H and O–H groups in total. The first-order chi connectivity index (χ1) is 15.0. The summed E-state index contributed by atoms with van der Waals surface area (Å²) in [5.74, 6) is -0.989. The van der Waals surface area contributed by atoms with Gasteiger partial charge in [0.2, 0.25) is 5.91 Å². The number of aromatic amines is 1. The largest absolute Gasteiger partial charge is 0.325 e. The Morgan fingerprint density at radius 3 is 2.58 bits per heavy atom. The van der Waals surface area contributed by atoms with Gasteiger partial charge in [-0.15, -0.1) is 11.3 Å². The summed E-state index contributed by atoms with van der Waals surface area (Å²) in [4.78, 5) is 44.1. The van der Waals surface area contributed by atoms with Crippen molar-refractivity contribution in [2.45, 2.75) is 5.16 Å². The summed E-state index contributed by atoms with van der Waals surface area (Å²) in [6.45, 7) is 0. The summed E-state index contributed by atoms with van der Waals surface area (Å²) in [5.41, 5.74) is 1.59. The number of nitrogens with zero attached hydrogens (tertiary/aromatic N) is 1. The number of amides is 3. The minimum atomic E-state index is -0.643. The van der Waals surface area contributed by atoms with Crippen molar-refractivity contribution in [2.24, 2.45) is 0 Å². The van der Waals surface area contributed by atoms with E-state index in [0.29, 0.717) is 27.0 Å². The Bertz CT molecular complexity index is 1300. The molecule has 0 fully saturated rings. The van der Waals surface area contributed by atoms with Crippen LogP contribution in [0.2, 0.25) is 0 Å². The Balaban J connectivity index is 1.42. The topological polar surface area (TPSA) is 104 Å². The molecule has 2 aromatic carbocycles. The van der Waals surface area contributed by atoms with Crippen molar-refractivity contribution in [3.05, 3.63) is 76.1 Å². The minimum absolute atomic E-state index is 0.104. The molecule has 0 saturated carbocycles. The number of carbonyl (C=O) groups is 2. The standard InChI is InChI=1S/C21H15FN4O3S2/c22-13-8-6-12(7-9-13)15-10-30-19-17(15)18(28)25-21(26-19)31-11-16(27)24-20(29)23-14-4-2-1-3-5-14/h1-10H,11H2,(H,25,26,28)(H2,23,24,27,29). The molecule has 0 aliphatic carbocycles. The Kier molecular flexibility index (Phi) is 6.10. The van der Waals surface area contributed by atoms with Crippen molar-refractivity contribution < 1.29 is 14.0 Å². The maximum Gasteiger partial charge on any atom is 0.325 e. The van der Waals surface area contributed by atoms with E-state index in [1.807, 2.05) is 6.07 Å². The predicted octanol–water partition coefficient (Wildman–Crippen LogP) is 4.23. The molecule has 2 heterocycles. The number of thiophene rings is 1. The molecule has 0 aliphatic heterocycles. The Hall–Kier alpha value is -3.50. The Morgan fingerprint density at radius 2 is 1.84 bits per heavy atom. The van der Waals surface area contributed by atoms with Crippen LogP contribution in [0.1, 0.15) is 0 Å². The van der Waals surface area contributed by atoms with Gasteiger partial charge in [0.25, 0.3) is 5.56 Å². The summed E-state index contributed by atoms with van der Waals surface area (Å²) in [6.07, 6.45) is 0. The van der Waals surface area contributed by atoms with E-state index in [9.17, 15) is 18.8 Å². The van der Waals surface area contributed by atoms with Crippen LogP contribution >= 0.6 is 23.1 Å². The van der Waals surface area contributed by atoms with E-state index in [4.69, 9.17) is 0 Å². The second-order valence-corrected chi connectivity index (χ2v) is 8.19. The van der Waals surface area contributed by atoms with Gasteiger partial charge in [-0.05, 0) is 29.8 Å². The number of carbonyl (C=O) groups excluding carboxylic acids is 2. The highest BCUT2D eigenvalue weighted by Gasteiger charge is 2.15. The van der Waals surface area contributed by atoms with Gasteiger partial charge in [0.05, 0.1) is 11.1 Å². The fourth-order valence-corrected chi connectivity index (χ4v) is 4.49. The van der Waals surface area contributed by atoms with Gasteiger partial charge >= 0.3 is 6.03 Å². The van der Waals surface area contributed by atoms with Crippen LogP contribution in [0.25, 0.3) is 21.3 Å². The molecular weight excluding hydrogens is 439 g/mol. The van der Waals surface area contributed by atoms with E-state index in [2.05, 4.69) is 20.6 Å². The zero-order valence-electron chi connectivity index (χ0n) is 15.8. The maximum atomic E-state index is 13.2. The maximum absolute atomic E-state index is 13.2. The minimum Gasteiger partial charge on any atom is -0.308 e. The van der Waals surface area contributed by atoms with Crippen LogP contribution in [-0.2, 0) is 4.79 Å². The highest BCUT2D eigenvalue weighted by Crippen LogP contribution is 2.31. The van der Waals surface area contributed by atoms with Crippen molar-refractivity contribution in [2.75, 3.05) is 11.1 Å². The number of benzene rings is 2. The van der Waals surface area contributed by atoms with E-state index in [-0.39, 0.29) is 22.3 Å². The molecule has 156 valence electrons. The highest BCUT2D eigenvalue weighted by molar-refractivity contribution is 7.99. The third-order valence-electron chi connectivity index (χ3n) is 4.20. The number of anilines is 1. The quantitative estimate of drug-likeness (QED) is 0.309. The number of nitrogens with one attached hydrogen (secondary N) is 3. The van der Waals surface area contributed by atoms with Crippen molar-refractivity contribution in [3.63, 3.8) is 0 Å². The summed E-state index contributed by atoms with van der Waals surface area (Å²) < 4.78 is 13.2. The Labute approximate surface area is 183 Å². The van der Waals surface area contributed by atoms with Crippen molar-refractivity contribution in [3.8, 4) is 11.1 Å². The van der Waals surface area contributed by atoms with Gasteiger partial charge in [0.15, 0.2) is 5.16 Å². The lowest BCUT2D eigenvalue weighted by atomic mass is 10.1. The van der Waals surface area contributed by atoms with Crippen molar-refractivity contribution >= 4 is 50.9 Å². The van der Waals surface area contributed by atoms with E-state index in [0.717, 1.165) is 11.8 Å². The summed E-state index contributed by atoms with van der Waals surface area (Å²) in [7, 11) is 0. The van der Waals surface area contributed by atoms with Gasteiger partial charge in [-0.25, -0.2) is 14.2 Å². The van der Waals surface area contributed by atoms with Gasteiger partial charge in [0.1, 0.15) is 10.6 Å². The van der Waals surface area contributed by atoms with Crippen molar-refractivity contribution in [1.82, 2.24) is 15.3 Å². The second-order valence-electron chi connectivity index (χ2n) is 6.36. The van der Waals surface area contributed by atoms with E-state index in [1.54, 1.807) is 41.8 Å². The van der Waals surface area contributed by atoms with Gasteiger partial charge in [0, 0.05) is 16.6 Å². The van der Waals surface area contributed by atoms with Gasteiger partial charge < -0.3 is 10.3 Å². The van der Waals surface area contributed by atoms with Crippen LogP contribution in [0.5, 0.6) is 0 Å². The normalized spacial score (nSPS) is 10.7. The van der Waals surface area contributed by atoms with E-state index >= 15 is 0 Å². The smallest absolute Gasteiger partial charge is 0.308 e. The predicted molar refractivity (Wildman–Crippen MR) is 120 cm³/mol. The van der Waals surface area contributed by atoms with E-state index < -0.39 is 11.9 Å². The number of hydrogen-bond donors (Lipinski definition) is 3. The fourth-order valence-electron chi connectivity index (χ4n) is 2.82. The third kappa shape index (κ3) is 4.98. The number of aromatic nitrogens is 2. The summed E-state index contributed by atoms with van der Waals surface area (Å²) in [6, 6.07) is 14.0. The van der Waals surface area contributed by atoms with Crippen LogP contribution in [-0.4, -0.2) is 27.7 Å². The molecule has 10 heteroatoms. The molecular formula is C21H15FN4O3S2. The first-order valence-corrected chi connectivity index (χ1v) is 10.9. The average Bonchev–Trinajstić information content (AvgIpc) is 3.18. The number of H-pyrrole nitrogens is 1. The SMILES string of the molecule is O=C(CSc1nc2scc(-c3ccc(F)cc3)c2c(=O)[nH]1)NC(=O)Nc1ccccc1.